The summed E-state index contributed by atoms with van der Waals surface area (Å²) in [4.78, 5) is 28.4. The highest BCUT2D eigenvalue weighted by molar-refractivity contribution is 7.89. The van der Waals surface area contributed by atoms with Crippen molar-refractivity contribution >= 4 is 21.8 Å². The standard InChI is InChI=1S/C21H26N4O4S/c1-15-7-8-16(2)19(11-15)30(28,29)25-10-4-6-18(25)14-24-21(27)20(26)23-13-17-5-3-9-22-12-17/h3,5,7-9,11-12,18H,4,6,10,13-14H2,1-2H3,(H,23,26)(H,24,27)/t18-/m0/s1. The summed E-state index contributed by atoms with van der Waals surface area (Å²) >= 11 is 0. The van der Waals surface area contributed by atoms with Crippen LogP contribution in [-0.4, -0.2) is 48.7 Å². The van der Waals surface area contributed by atoms with E-state index in [0.29, 0.717) is 24.9 Å². The SMILES string of the molecule is Cc1ccc(C)c(S(=O)(=O)N2CCC[C@H]2CNC(=O)C(=O)NCc2cccnc2)c1. The molecule has 2 heterocycles. The topological polar surface area (TPSA) is 108 Å². The predicted molar refractivity (Wildman–Crippen MR) is 112 cm³/mol. The monoisotopic (exact) mass is 430 g/mol. The fraction of sp³-hybridized carbons (Fsp3) is 0.381. The van der Waals surface area contributed by atoms with Gasteiger partial charge in [0.2, 0.25) is 10.0 Å². The molecule has 8 nitrogen and oxygen atoms in total. The maximum Gasteiger partial charge on any atom is 0.309 e. The van der Waals surface area contributed by atoms with E-state index in [4.69, 9.17) is 0 Å². The second kappa shape index (κ2) is 9.36. The van der Waals surface area contributed by atoms with Crippen LogP contribution in [-0.2, 0) is 26.2 Å². The van der Waals surface area contributed by atoms with Crippen molar-refractivity contribution in [2.24, 2.45) is 0 Å². The first-order valence-corrected chi connectivity index (χ1v) is 11.3. The molecule has 0 unspecified atom stereocenters. The molecule has 2 N–H and O–H groups in total. The van der Waals surface area contributed by atoms with Crippen LogP contribution in [0, 0.1) is 13.8 Å². The van der Waals surface area contributed by atoms with Crippen LogP contribution in [0.3, 0.4) is 0 Å². The van der Waals surface area contributed by atoms with Gasteiger partial charge in [-0.15, -0.1) is 0 Å². The van der Waals surface area contributed by atoms with Crippen molar-refractivity contribution in [1.29, 1.82) is 0 Å². The Morgan fingerprint density at radius 3 is 2.67 bits per heavy atom. The van der Waals surface area contributed by atoms with Gasteiger partial charge in [-0.1, -0.05) is 18.2 Å². The highest BCUT2D eigenvalue weighted by Gasteiger charge is 2.36. The summed E-state index contributed by atoms with van der Waals surface area (Å²) in [5.41, 5.74) is 2.33. The molecule has 3 rings (SSSR count). The number of hydrogen-bond donors (Lipinski definition) is 2. The molecule has 1 saturated heterocycles. The Bertz CT molecular complexity index is 1020. The van der Waals surface area contributed by atoms with E-state index in [0.717, 1.165) is 11.1 Å². The molecular weight excluding hydrogens is 404 g/mol. The van der Waals surface area contributed by atoms with Crippen LogP contribution >= 0.6 is 0 Å². The largest absolute Gasteiger partial charge is 0.346 e. The first-order valence-electron chi connectivity index (χ1n) is 9.83. The second-order valence-corrected chi connectivity index (χ2v) is 9.29. The first-order chi connectivity index (χ1) is 14.3. The molecule has 0 radical (unpaired) electrons. The predicted octanol–water partition coefficient (Wildman–Crippen LogP) is 1.28. The molecule has 1 fully saturated rings. The molecule has 1 atom stereocenters. The van der Waals surface area contributed by atoms with Crippen molar-refractivity contribution < 1.29 is 18.0 Å². The van der Waals surface area contributed by atoms with Gasteiger partial charge in [-0.3, -0.25) is 14.6 Å². The summed E-state index contributed by atoms with van der Waals surface area (Å²) in [6, 6.07) is 8.49. The van der Waals surface area contributed by atoms with Gasteiger partial charge >= 0.3 is 11.8 Å². The average Bonchev–Trinajstić information content (AvgIpc) is 3.22. The Morgan fingerprint density at radius 2 is 1.93 bits per heavy atom. The van der Waals surface area contributed by atoms with Crippen molar-refractivity contribution in [3.8, 4) is 0 Å². The molecule has 0 bridgehead atoms. The molecule has 0 aliphatic carbocycles. The Hall–Kier alpha value is -2.78. The number of pyridine rings is 1. The van der Waals surface area contributed by atoms with Gasteiger partial charge in [-0.05, 0) is 55.5 Å². The van der Waals surface area contributed by atoms with Gasteiger partial charge in [0.1, 0.15) is 0 Å². The van der Waals surface area contributed by atoms with Crippen LogP contribution in [0.25, 0.3) is 0 Å². The molecule has 160 valence electrons. The number of aryl methyl sites for hydroxylation is 2. The van der Waals surface area contributed by atoms with Gasteiger partial charge in [0.25, 0.3) is 0 Å². The van der Waals surface area contributed by atoms with Crippen molar-refractivity contribution in [1.82, 2.24) is 19.9 Å². The lowest BCUT2D eigenvalue weighted by molar-refractivity contribution is -0.139. The minimum absolute atomic E-state index is 0.0865. The summed E-state index contributed by atoms with van der Waals surface area (Å²) in [5, 5.41) is 5.10. The smallest absolute Gasteiger partial charge is 0.309 e. The van der Waals surface area contributed by atoms with Gasteiger partial charge in [0.05, 0.1) is 4.90 Å². The zero-order valence-electron chi connectivity index (χ0n) is 17.1. The third kappa shape index (κ3) is 5.03. The molecule has 0 spiro atoms. The fourth-order valence-corrected chi connectivity index (χ4v) is 5.50. The number of hydrogen-bond acceptors (Lipinski definition) is 5. The summed E-state index contributed by atoms with van der Waals surface area (Å²) < 4.78 is 27.8. The van der Waals surface area contributed by atoms with Crippen LogP contribution in [0.2, 0.25) is 0 Å². The number of sulfonamides is 1. The van der Waals surface area contributed by atoms with Gasteiger partial charge in [-0.2, -0.15) is 4.31 Å². The third-order valence-corrected chi connectivity index (χ3v) is 7.23. The van der Waals surface area contributed by atoms with Crippen molar-refractivity contribution in [3.05, 3.63) is 59.4 Å². The van der Waals surface area contributed by atoms with Gasteiger partial charge < -0.3 is 10.6 Å². The Morgan fingerprint density at radius 1 is 1.17 bits per heavy atom. The third-order valence-electron chi connectivity index (χ3n) is 5.13. The summed E-state index contributed by atoms with van der Waals surface area (Å²) in [5.74, 6) is -1.55. The molecule has 30 heavy (non-hydrogen) atoms. The molecule has 1 aliphatic heterocycles. The second-order valence-electron chi connectivity index (χ2n) is 7.43. The van der Waals surface area contributed by atoms with Gasteiger partial charge in [0, 0.05) is 38.1 Å². The van der Waals surface area contributed by atoms with E-state index in [9.17, 15) is 18.0 Å². The molecular formula is C21H26N4O4S. The van der Waals surface area contributed by atoms with E-state index in [1.165, 1.54) is 4.31 Å². The van der Waals surface area contributed by atoms with E-state index < -0.39 is 21.8 Å². The van der Waals surface area contributed by atoms with Gasteiger partial charge in [-0.25, -0.2) is 8.42 Å². The molecule has 1 aromatic carbocycles. The molecule has 2 amide bonds. The molecule has 9 heteroatoms. The number of rotatable bonds is 6. The van der Waals surface area contributed by atoms with E-state index in [2.05, 4.69) is 15.6 Å². The number of nitrogens with zero attached hydrogens (tertiary/aromatic N) is 2. The zero-order valence-corrected chi connectivity index (χ0v) is 17.9. The Labute approximate surface area is 176 Å². The Kier molecular flexibility index (Phi) is 6.84. The van der Waals surface area contributed by atoms with Crippen LogP contribution in [0.1, 0.15) is 29.5 Å². The normalized spacial score (nSPS) is 16.9. The summed E-state index contributed by atoms with van der Waals surface area (Å²) in [6.45, 7) is 4.29. The number of carbonyl (C=O) groups is 2. The average molecular weight is 431 g/mol. The Balaban J connectivity index is 1.60. The minimum Gasteiger partial charge on any atom is -0.346 e. The van der Waals surface area contributed by atoms with Crippen LogP contribution < -0.4 is 10.6 Å². The van der Waals surface area contributed by atoms with E-state index in [1.807, 2.05) is 13.0 Å². The first kappa shape index (κ1) is 21.9. The summed E-state index contributed by atoms with van der Waals surface area (Å²) in [7, 11) is -3.68. The van der Waals surface area contributed by atoms with Crippen LogP contribution in [0.4, 0.5) is 0 Å². The molecule has 1 aliphatic rings. The quantitative estimate of drug-likeness (QED) is 0.671. The van der Waals surface area contributed by atoms with Crippen molar-refractivity contribution in [2.45, 2.75) is 44.2 Å². The maximum absolute atomic E-state index is 13.2. The van der Waals surface area contributed by atoms with Gasteiger partial charge in [0.15, 0.2) is 0 Å². The van der Waals surface area contributed by atoms with Crippen LogP contribution in [0.5, 0.6) is 0 Å². The molecule has 0 saturated carbocycles. The van der Waals surface area contributed by atoms with Crippen molar-refractivity contribution in [3.63, 3.8) is 0 Å². The lowest BCUT2D eigenvalue weighted by atomic mass is 10.2. The number of benzene rings is 1. The molecule has 1 aromatic heterocycles. The maximum atomic E-state index is 13.2. The lowest BCUT2D eigenvalue weighted by Crippen LogP contribution is -2.46. The zero-order chi connectivity index (χ0) is 21.7. The number of amides is 2. The highest BCUT2D eigenvalue weighted by Crippen LogP contribution is 2.28. The van der Waals surface area contributed by atoms with E-state index in [-0.39, 0.29) is 24.0 Å². The minimum atomic E-state index is -3.68. The summed E-state index contributed by atoms with van der Waals surface area (Å²) in [6.07, 6.45) is 4.56. The van der Waals surface area contributed by atoms with E-state index in [1.54, 1.807) is 43.6 Å². The lowest BCUT2D eigenvalue weighted by Gasteiger charge is -2.25. The van der Waals surface area contributed by atoms with Crippen molar-refractivity contribution in [2.75, 3.05) is 13.1 Å². The number of nitrogens with one attached hydrogen (secondary N) is 2. The number of carbonyl (C=O) groups excluding carboxylic acids is 2. The fourth-order valence-electron chi connectivity index (χ4n) is 3.50. The highest BCUT2D eigenvalue weighted by atomic mass is 32.2. The van der Waals surface area contributed by atoms with Crippen LogP contribution in [0.15, 0.2) is 47.6 Å². The number of aromatic nitrogens is 1. The van der Waals surface area contributed by atoms with E-state index >= 15 is 0 Å². The molecule has 2 aromatic rings.